The van der Waals surface area contributed by atoms with Crippen molar-refractivity contribution in [1.82, 2.24) is 4.72 Å². The van der Waals surface area contributed by atoms with Gasteiger partial charge < -0.3 is 19.1 Å². The molecule has 31 heavy (non-hydrogen) atoms. The number of benzene rings is 2. The van der Waals surface area contributed by atoms with E-state index in [1.54, 1.807) is 48.5 Å². The maximum Gasteiger partial charge on any atom is 0.348 e. The SMILES string of the molecule is COC(=O)C1CN(C(=O)CC(NS(C)(=O)=O)c2ccc(OC)cc2)c2ccccc2O1. The van der Waals surface area contributed by atoms with Crippen LogP contribution in [0.3, 0.4) is 0 Å². The fourth-order valence-electron chi connectivity index (χ4n) is 3.33. The van der Waals surface area contributed by atoms with Crippen LogP contribution in [0.2, 0.25) is 0 Å². The Morgan fingerprint density at radius 2 is 1.84 bits per heavy atom. The minimum absolute atomic E-state index is 0.0449. The fraction of sp³-hybridized carbons (Fsp3) is 0.333. The van der Waals surface area contributed by atoms with Crippen molar-refractivity contribution in [2.75, 3.05) is 31.9 Å². The number of esters is 1. The summed E-state index contributed by atoms with van der Waals surface area (Å²) >= 11 is 0. The lowest BCUT2D eigenvalue weighted by atomic mass is 10.0. The summed E-state index contributed by atoms with van der Waals surface area (Å²) in [5, 5.41) is 0. The van der Waals surface area contributed by atoms with E-state index in [1.165, 1.54) is 19.1 Å². The average Bonchev–Trinajstić information content (AvgIpc) is 2.76. The van der Waals surface area contributed by atoms with E-state index in [9.17, 15) is 18.0 Å². The van der Waals surface area contributed by atoms with Crippen LogP contribution in [0, 0.1) is 0 Å². The zero-order chi connectivity index (χ0) is 22.6. The second kappa shape index (κ2) is 9.36. The van der Waals surface area contributed by atoms with Gasteiger partial charge in [-0.05, 0) is 29.8 Å². The highest BCUT2D eigenvalue weighted by Crippen LogP contribution is 2.34. The van der Waals surface area contributed by atoms with Crippen molar-refractivity contribution in [2.24, 2.45) is 0 Å². The molecule has 0 fully saturated rings. The molecule has 0 radical (unpaired) electrons. The molecule has 0 aliphatic carbocycles. The van der Waals surface area contributed by atoms with Crippen LogP contribution in [0.5, 0.6) is 11.5 Å². The van der Waals surface area contributed by atoms with Crippen LogP contribution >= 0.6 is 0 Å². The highest BCUT2D eigenvalue weighted by Gasteiger charge is 2.35. The number of carbonyl (C=O) groups excluding carboxylic acids is 2. The van der Waals surface area contributed by atoms with Gasteiger partial charge in [0.15, 0.2) is 0 Å². The highest BCUT2D eigenvalue weighted by atomic mass is 32.2. The van der Waals surface area contributed by atoms with Crippen LogP contribution in [-0.4, -0.2) is 53.4 Å². The monoisotopic (exact) mass is 448 g/mol. The topological polar surface area (TPSA) is 111 Å². The number of carbonyl (C=O) groups is 2. The minimum atomic E-state index is -3.60. The Bertz CT molecular complexity index is 1050. The number of amides is 1. The van der Waals surface area contributed by atoms with Gasteiger partial charge in [0, 0.05) is 6.42 Å². The molecule has 1 aliphatic heterocycles. The number of hydrogen-bond donors (Lipinski definition) is 1. The number of para-hydroxylation sites is 2. The lowest BCUT2D eigenvalue weighted by Gasteiger charge is -2.34. The molecule has 3 rings (SSSR count). The van der Waals surface area contributed by atoms with Crippen molar-refractivity contribution in [3.05, 3.63) is 54.1 Å². The number of fused-ring (bicyclic) bond motifs is 1. The minimum Gasteiger partial charge on any atom is -0.497 e. The van der Waals surface area contributed by atoms with Gasteiger partial charge in [0.05, 0.1) is 38.7 Å². The summed E-state index contributed by atoms with van der Waals surface area (Å²) in [4.78, 5) is 26.7. The van der Waals surface area contributed by atoms with Crippen molar-refractivity contribution in [3.8, 4) is 11.5 Å². The van der Waals surface area contributed by atoms with Gasteiger partial charge in [-0.3, -0.25) is 4.79 Å². The molecule has 0 spiro atoms. The van der Waals surface area contributed by atoms with Crippen molar-refractivity contribution >= 4 is 27.6 Å². The molecule has 0 saturated carbocycles. The molecular formula is C21H24N2O7S. The predicted octanol–water partition coefficient (Wildman–Crippen LogP) is 1.64. The number of sulfonamides is 1. The highest BCUT2D eigenvalue weighted by molar-refractivity contribution is 7.88. The number of ether oxygens (including phenoxy) is 3. The standard InChI is InChI=1S/C21H24N2O7S/c1-28-15-10-8-14(9-11-15)16(22-31(3,26)27)12-20(24)23-13-19(21(25)29-2)30-18-7-5-4-6-17(18)23/h4-11,16,19,22H,12-13H2,1-3H3. The van der Waals surface area contributed by atoms with E-state index in [-0.39, 0.29) is 18.9 Å². The third-order valence-electron chi connectivity index (χ3n) is 4.79. The molecule has 0 saturated heterocycles. The first kappa shape index (κ1) is 22.6. The summed E-state index contributed by atoms with van der Waals surface area (Å²) in [6.07, 6.45) is -0.112. The molecule has 0 bridgehead atoms. The van der Waals surface area contributed by atoms with Crippen LogP contribution in [0.15, 0.2) is 48.5 Å². The van der Waals surface area contributed by atoms with E-state index in [0.29, 0.717) is 22.7 Å². The number of methoxy groups -OCH3 is 2. The van der Waals surface area contributed by atoms with Gasteiger partial charge in [0.25, 0.3) is 0 Å². The Kier molecular flexibility index (Phi) is 6.81. The van der Waals surface area contributed by atoms with Gasteiger partial charge in [0.1, 0.15) is 11.5 Å². The molecule has 2 unspecified atom stereocenters. The second-order valence-electron chi connectivity index (χ2n) is 7.02. The Morgan fingerprint density at radius 1 is 1.16 bits per heavy atom. The summed E-state index contributed by atoms with van der Waals surface area (Å²) in [5.41, 5.74) is 1.10. The van der Waals surface area contributed by atoms with Crippen LogP contribution in [-0.2, 0) is 24.3 Å². The van der Waals surface area contributed by atoms with Crippen LogP contribution in [0.4, 0.5) is 5.69 Å². The lowest BCUT2D eigenvalue weighted by molar-refractivity contribution is -0.148. The van der Waals surface area contributed by atoms with E-state index in [0.717, 1.165) is 6.26 Å². The van der Waals surface area contributed by atoms with Crippen molar-refractivity contribution in [3.63, 3.8) is 0 Å². The third kappa shape index (κ3) is 5.53. The lowest BCUT2D eigenvalue weighted by Crippen LogP contribution is -2.48. The Hall–Kier alpha value is -3.11. The molecule has 9 nitrogen and oxygen atoms in total. The van der Waals surface area contributed by atoms with Crippen molar-refractivity contribution in [2.45, 2.75) is 18.6 Å². The molecule has 1 heterocycles. The number of nitrogens with one attached hydrogen (secondary N) is 1. The third-order valence-corrected chi connectivity index (χ3v) is 5.50. The number of rotatable bonds is 7. The van der Waals surface area contributed by atoms with E-state index in [1.807, 2.05) is 0 Å². The maximum absolute atomic E-state index is 13.3. The first-order valence-electron chi connectivity index (χ1n) is 9.47. The van der Waals surface area contributed by atoms with Crippen molar-refractivity contribution < 1.29 is 32.2 Å². The summed E-state index contributed by atoms with van der Waals surface area (Å²) in [7, 11) is -0.833. The first-order valence-corrected chi connectivity index (χ1v) is 11.4. The molecule has 1 aliphatic rings. The summed E-state index contributed by atoms with van der Waals surface area (Å²) < 4.78 is 41.9. The summed E-state index contributed by atoms with van der Waals surface area (Å²) in [5.74, 6) is 0.000618. The Balaban J connectivity index is 1.90. The zero-order valence-electron chi connectivity index (χ0n) is 17.4. The van der Waals surface area contributed by atoms with Crippen LogP contribution in [0.25, 0.3) is 0 Å². The average molecular weight is 448 g/mol. The first-order chi connectivity index (χ1) is 14.7. The summed E-state index contributed by atoms with van der Waals surface area (Å²) in [6, 6.07) is 12.8. The van der Waals surface area contributed by atoms with Gasteiger partial charge in [-0.2, -0.15) is 0 Å². The normalized spacial score (nSPS) is 16.6. The Labute approximate surface area is 181 Å². The fourth-order valence-corrected chi connectivity index (χ4v) is 4.07. The number of nitrogens with zero attached hydrogens (tertiary/aromatic N) is 1. The van der Waals surface area contributed by atoms with E-state index >= 15 is 0 Å². The second-order valence-corrected chi connectivity index (χ2v) is 8.80. The van der Waals surface area contributed by atoms with Gasteiger partial charge in [-0.1, -0.05) is 24.3 Å². The maximum atomic E-state index is 13.3. The predicted molar refractivity (Wildman–Crippen MR) is 114 cm³/mol. The summed E-state index contributed by atoms with van der Waals surface area (Å²) in [6.45, 7) is -0.0449. The molecule has 2 aromatic rings. The van der Waals surface area contributed by atoms with Gasteiger partial charge in [-0.25, -0.2) is 17.9 Å². The van der Waals surface area contributed by atoms with E-state index in [4.69, 9.17) is 14.2 Å². The molecule has 2 aromatic carbocycles. The van der Waals surface area contributed by atoms with Gasteiger partial charge >= 0.3 is 5.97 Å². The molecule has 2 atom stereocenters. The molecule has 1 amide bonds. The zero-order valence-corrected chi connectivity index (χ0v) is 18.2. The molecule has 166 valence electrons. The molecular weight excluding hydrogens is 424 g/mol. The molecule has 10 heteroatoms. The Morgan fingerprint density at radius 3 is 2.45 bits per heavy atom. The van der Waals surface area contributed by atoms with E-state index in [2.05, 4.69) is 4.72 Å². The van der Waals surface area contributed by atoms with Gasteiger partial charge in [-0.15, -0.1) is 0 Å². The van der Waals surface area contributed by atoms with Crippen LogP contribution < -0.4 is 19.1 Å². The molecule has 0 aromatic heterocycles. The number of anilines is 1. The van der Waals surface area contributed by atoms with Gasteiger partial charge in [0.2, 0.25) is 22.0 Å². The molecule has 1 N–H and O–H groups in total. The van der Waals surface area contributed by atoms with Crippen molar-refractivity contribution in [1.29, 1.82) is 0 Å². The van der Waals surface area contributed by atoms with Crippen LogP contribution in [0.1, 0.15) is 18.0 Å². The largest absolute Gasteiger partial charge is 0.497 e. The van der Waals surface area contributed by atoms with E-state index < -0.39 is 28.1 Å². The number of hydrogen-bond acceptors (Lipinski definition) is 7. The smallest absolute Gasteiger partial charge is 0.348 e. The quantitative estimate of drug-likeness (QED) is 0.641.